The van der Waals surface area contributed by atoms with Crippen LogP contribution in [0.25, 0.3) is 11.3 Å². The highest BCUT2D eigenvalue weighted by Crippen LogP contribution is 2.35. The summed E-state index contributed by atoms with van der Waals surface area (Å²) in [7, 11) is 2.19. The Kier molecular flexibility index (Phi) is 5.76. The summed E-state index contributed by atoms with van der Waals surface area (Å²) >= 11 is 0. The Hall–Kier alpha value is -1.63. The topological polar surface area (TPSA) is 3.88 Å². The van der Waals surface area contributed by atoms with Crippen molar-refractivity contribution in [3.63, 3.8) is 0 Å². The van der Waals surface area contributed by atoms with Gasteiger partial charge in [-0.25, -0.2) is 4.57 Å². The van der Waals surface area contributed by atoms with Crippen LogP contribution in [0.4, 0.5) is 0 Å². The van der Waals surface area contributed by atoms with Crippen LogP contribution in [0.1, 0.15) is 77.5 Å². The predicted molar refractivity (Wildman–Crippen MR) is 109 cm³/mol. The summed E-state index contributed by atoms with van der Waals surface area (Å²) in [6.07, 6.45) is 5.93. The molecule has 0 saturated heterocycles. The normalized spacial score (nSPS) is 12.5. The Bertz CT molecular complexity index is 722. The molecular formula is C24H36N+. The largest absolute Gasteiger partial charge is 0.212 e. The van der Waals surface area contributed by atoms with Gasteiger partial charge in [0.25, 0.3) is 0 Å². The molecule has 0 atom stereocenters. The Morgan fingerprint density at radius 3 is 1.88 bits per heavy atom. The zero-order chi connectivity index (χ0) is 18.8. The maximum absolute atomic E-state index is 2.37. The fourth-order valence-electron chi connectivity index (χ4n) is 3.93. The first-order valence-electron chi connectivity index (χ1n) is 9.80. The van der Waals surface area contributed by atoms with Gasteiger partial charge in [0.05, 0.1) is 0 Å². The third-order valence-electron chi connectivity index (χ3n) is 6.16. The van der Waals surface area contributed by atoms with Crippen molar-refractivity contribution in [2.75, 3.05) is 0 Å². The Morgan fingerprint density at radius 2 is 1.40 bits per heavy atom. The van der Waals surface area contributed by atoms with Gasteiger partial charge in [-0.05, 0) is 54.9 Å². The molecule has 0 spiro atoms. The van der Waals surface area contributed by atoms with Crippen LogP contribution in [0.15, 0.2) is 36.5 Å². The number of pyridine rings is 1. The van der Waals surface area contributed by atoms with Gasteiger partial charge in [0.1, 0.15) is 7.05 Å². The summed E-state index contributed by atoms with van der Waals surface area (Å²) in [5.74, 6) is 0. The van der Waals surface area contributed by atoms with Crippen LogP contribution in [0.2, 0.25) is 0 Å². The number of nitrogens with zero attached hydrogens (tertiary/aromatic N) is 1. The minimum Gasteiger partial charge on any atom is -0.201 e. The second-order valence-corrected chi connectivity index (χ2v) is 8.53. The average molecular weight is 339 g/mol. The van der Waals surface area contributed by atoms with Crippen molar-refractivity contribution in [3.8, 4) is 11.3 Å². The summed E-state index contributed by atoms with van der Waals surface area (Å²) in [5, 5.41) is 0. The second-order valence-electron chi connectivity index (χ2n) is 8.53. The molecule has 0 aliphatic carbocycles. The Balaban J connectivity index is 2.56. The SMILES string of the molecule is CCC(CC)(CC)c1ccc(-c2cc(C(C)(C)C)ccc2C)[n+](C)c1. The maximum atomic E-state index is 2.37. The smallest absolute Gasteiger partial charge is 0.201 e. The maximum Gasteiger partial charge on any atom is 0.212 e. The quantitative estimate of drug-likeness (QED) is 0.567. The summed E-state index contributed by atoms with van der Waals surface area (Å²) < 4.78 is 2.32. The van der Waals surface area contributed by atoms with Crippen molar-refractivity contribution < 1.29 is 4.57 Å². The molecule has 0 bridgehead atoms. The van der Waals surface area contributed by atoms with Gasteiger partial charge >= 0.3 is 0 Å². The summed E-state index contributed by atoms with van der Waals surface area (Å²) in [5.41, 5.74) is 7.31. The molecule has 1 nitrogen and oxygen atoms in total. The van der Waals surface area contributed by atoms with E-state index >= 15 is 0 Å². The first-order chi connectivity index (χ1) is 11.7. The number of benzene rings is 1. The fourth-order valence-corrected chi connectivity index (χ4v) is 3.93. The van der Waals surface area contributed by atoms with E-state index in [1.165, 1.54) is 47.2 Å². The van der Waals surface area contributed by atoms with Gasteiger partial charge in [-0.1, -0.05) is 53.7 Å². The molecule has 136 valence electrons. The van der Waals surface area contributed by atoms with E-state index in [0.29, 0.717) is 5.41 Å². The Morgan fingerprint density at radius 1 is 0.840 bits per heavy atom. The number of hydrogen-bond acceptors (Lipinski definition) is 0. The van der Waals surface area contributed by atoms with Gasteiger partial charge in [-0.15, -0.1) is 0 Å². The molecule has 0 aliphatic rings. The first-order valence-corrected chi connectivity index (χ1v) is 9.80. The minimum absolute atomic E-state index is 0.169. The highest BCUT2D eigenvalue weighted by molar-refractivity contribution is 5.62. The molecular weight excluding hydrogens is 302 g/mol. The molecule has 1 heterocycles. The molecule has 0 saturated carbocycles. The zero-order valence-electron chi connectivity index (χ0n) is 17.5. The van der Waals surface area contributed by atoms with E-state index in [4.69, 9.17) is 0 Å². The third-order valence-corrected chi connectivity index (χ3v) is 6.16. The molecule has 1 aromatic heterocycles. The number of hydrogen-bond donors (Lipinski definition) is 0. The van der Waals surface area contributed by atoms with Crippen LogP contribution in [0.5, 0.6) is 0 Å². The highest BCUT2D eigenvalue weighted by atomic mass is 14.9. The van der Waals surface area contributed by atoms with Crippen molar-refractivity contribution in [2.45, 2.75) is 78.6 Å². The van der Waals surface area contributed by atoms with Crippen LogP contribution in [0, 0.1) is 6.92 Å². The standard InChI is InChI=1S/C24H36N/c1-9-24(10-2,11-3)20-14-15-22(25(8)17-20)21-16-19(23(5,6)7)13-12-18(21)4/h12-17H,9-11H2,1-8H3/q+1. The van der Waals surface area contributed by atoms with Crippen LogP contribution in [-0.4, -0.2) is 0 Å². The number of rotatable bonds is 5. The first kappa shape index (κ1) is 19.7. The van der Waals surface area contributed by atoms with E-state index in [1.807, 2.05) is 0 Å². The van der Waals surface area contributed by atoms with Gasteiger partial charge in [0, 0.05) is 22.6 Å². The molecule has 0 fully saturated rings. The lowest BCUT2D eigenvalue weighted by Crippen LogP contribution is -2.35. The number of aryl methyl sites for hydroxylation is 2. The van der Waals surface area contributed by atoms with E-state index in [2.05, 4.69) is 96.6 Å². The Labute approximate surface area is 155 Å². The molecule has 0 radical (unpaired) electrons. The highest BCUT2D eigenvalue weighted by Gasteiger charge is 2.29. The lowest BCUT2D eigenvalue weighted by Gasteiger charge is -2.30. The minimum atomic E-state index is 0.169. The lowest BCUT2D eigenvalue weighted by molar-refractivity contribution is -0.661. The van der Waals surface area contributed by atoms with Crippen LogP contribution >= 0.6 is 0 Å². The monoisotopic (exact) mass is 338 g/mol. The fraction of sp³-hybridized carbons (Fsp3) is 0.542. The van der Waals surface area contributed by atoms with Crippen molar-refractivity contribution in [1.29, 1.82) is 0 Å². The molecule has 0 aliphatic heterocycles. The van der Waals surface area contributed by atoms with Gasteiger partial charge in [-0.2, -0.15) is 0 Å². The molecule has 25 heavy (non-hydrogen) atoms. The average Bonchev–Trinajstić information content (AvgIpc) is 2.57. The second kappa shape index (κ2) is 7.32. The summed E-state index contributed by atoms with van der Waals surface area (Å²) in [6, 6.07) is 11.6. The third kappa shape index (κ3) is 3.81. The molecule has 2 aromatic rings. The van der Waals surface area contributed by atoms with Gasteiger partial charge in [0.2, 0.25) is 5.69 Å². The van der Waals surface area contributed by atoms with E-state index in [9.17, 15) is 0 Å². The van der Waals surface area contributed by atoms with Gasteiger partial charge < -0.3 is 0 Å². The molecule has 1 aromatic carbocycles. The molecule has 0 N–H and O–H groups in total. The van der Waals surface area contributed by atoms with E-state index in [0.717, 1.165) is 0 Å². The summed E-state index contributed by atoms with van der Waals surface area (Å²) in [4.78, 5) is 0. The van der Waals surface area contributed by atoms with Gasteiger partial charge in [-0.3, -0.25) is 0 Å². The zero-order valence-corrected chi connectivity index (χ0v) is 17.5. The van der Waals surface area contributed by atoms with Crippen molar-refractivity contribution >= 4 is 0 Å². The van der Waals surface area contributed by atoms with E-state index in [1.54, 1.807) is 0 Å². The van der Waals surface area contributed by atoms with Crippen molar-refractivity contribution in [2.24, 2.45) is 7.05 Å². The predicted octanol–water partition coefficient (Wildman–Crippen LogP) is 6.25. The molecule has 2 rings (SSSR count). The van der Waals surface area contributed by atoms with E-state index < -0.39 is 0 Å². The molecule has 1 heteroatoms. The van der Waals surface area contributed by atoms with Crippen LogP contribution in [0.3, 0.4) is 0 Å². The van der Waals surface area contributed by atoms with Crippen molar-refractivity contribution in [3.05, 3.63) is 53.2 Å². The summed E-state index contributed by atoms with van der Waals surface area (Å²) in [6.45, 7) is 16.0. The van der Waals surface area contributed by atoms with Crippen LogP contribution in [-0.2, 0) is 17.9 Å². The van der Waals surface area contributed by atoms with Gasteiger partial charge in [0.15, 0.2) is 6.20 Å². The van der Waals surface area contributed by atoms with E-state index in [-0.39, 0.29) is 5.41 Å². The molecule has 0 amide bonds. The van der Waals surface area contributed by atoms with Crippen LogP contribution < -0.4 is 4.57 Å². The molecule has 0 unspecified atom stereocenters. The van der Waals surface area contributed by atoms with Crippen molar-refractivity contribution in [1.82, 2.24) is 0 Å². The number of aromatic nitrogens is 1. The lowest BCUT2D eigenvalue weighted by atomic mass is 9.74.